The maximum atomic E-state index is 12.0. The highest BCUT2D eigenvalue weighted by Gasteiger charge is 2.21. The van der Waals surface area contributed by atoms with Crippen LogP contribution in [0.15, 0.2) is 59.5 Å². The van der Waals surface area contributed by atoms with E-state index in [9.17, 15) is 13.2 Å². The Kier molecular flexibility index (Phi) is 3.87. The molecule has 6 heteroatoms. The van der Waals surface area contributed by atoms with E-state index < -0.39 is 16.1 Å². The lowest BCUT2D eigenvalue weighted by Crippen LogP contribution is -2.12. The fraction of sp³-hybridized carbons (Fsp3) is 0.0714. The number of fused-ring (bicyclic) bond motifs is 1. The van der Waals surface area contributed by atoms with Crippen LogP contribution in [-0.2, 0) is 24.1 Å². The van der Waals surface area contributed by atoms with Crippen molar-refractivity contribution in [2.75, 3.05) is 0 Å². The number of carbonyl (C=O) groups excluding carboxylic acids is 1. The molecule has 0 unspecified atom stereocenters. The first kappa shape index (κ1) is 14.2. The van der Waals surface area contributed by atoms with Gasteiger partial charge in [0, 0.05) is 11.0 Å². The van der Waals surface area contributed by atoms with E-state index >= 15 is 0 Å². The van der Waals surface area contributed by atoms with Crippen LogP contribution in [0.1, 0.15) is 6.92 Å². The molecule has 0 aliphatic heterocycles. The summed E-state index contributed by atoms with van der Waals surface area (Å²) in [4.78, 5) is 15.4. The number of rotatable bonds is 4. The molecule has 20 heavy (non-hydrogen) atoms. The molecule has 0 fully saturated rings. The van der Waals surface area contributed by atoms with Crippen LogP contribution in [0.3, 0.4) is 0 Å². The molecule has 0 N–H and O–H groups in total. The molecule has 0 spiro atoms. The number of hydrogen-bond donors (Lipinski definition) is 0. The van der Waals surface area contributed by atoms with E-state index in [-0.39, 0.29) is 10.5 Å². The van der Waals surface area contributed by atoms with Gasteiger partial charge in [0.05, 0.1) is 0 Å². The molecule has 0 bridgehead atoms. The fourth-order valence-electron chi connectivity index (χ4n) is 1.60. The van der Waals surface area contributed by atoms with E-state index in [2.05, 4.69) is 15.8 Å². The summed E-state index contributed by atoms with van der Waals surface area (Å²) in [5.74, 6) is -0.936. The molecular weight excluding hydrogens is 280 g/mol. The third kappa shape index (κ3) is 2.87. The molecule has 5 nitrogen and oxygen atoms in total. The summed E-state index contributed by atoms with van der Waals surface area (Å²) in [5, 5.41) is 1.23. The summed E-state index contributed by atoms with van der Waals surface area (Å²) in [6.45, 7) is 4.71. The van der Waals surface area contributed by atoms with Crippen molar-refractivity contribution in [2.45, 2.75) is 11.8 Å². The predicted molar refractivity (Wildman–Crippen MR) is 73.1 cm³/mol. The molecule has 0 aliphatic rings. The van der Waals surface area contributed by atoms with Gasteiger partial charge in [-0.2, -0.15) is 8.42 Å². The Balaban J connectivity index is 2.37. The smallest absolute Gasteiger partial charge is 0.276 e. The molecule has 0 amide bonds. The van der Waals surface area contributed by atoms with E-state index in [4.69, 9.17) is 0 Å². The standard InChI is InChI=1S/C14H12O5S/c1-10(2)14(15)18-19-20(16,17)13-9-5-7-11-6-3-4-8-12(11)13/h3-9H,1H2,2H3. The van der Waals surface area contributed by atoms with Crippen LogP contribution in [0.4, 0.5) is 0 Å². The number of carbonyl (C=O) groups is 1. The van der Waals surface area contributed by atoms with Gasteiger partial charge < -0.3 is 0 Å². The van der Waals surface area contributed by atoms with Gasteiger partial charge in [-0.25, -0.2) is 4.79 Å². The molecule has 0 heterocycles. The van der Waals surface area contributed by atoms with Crippen LogP contribution < -0.4 is 0 Å². The molecule has 104 valence electrons. The average Bonchev–Trinajstić information content (AvgIpc) is 2.44. The van der Waals surface area contributed by atoms with Gasteiger partial charge >= 0.3 is 16.1 Å². The monoisotopic (exact) mass is 292 g/mol. The summed E-state index contributed by atoms with van der Waals surface area (Å²) >= 11 is 0. The second kappa shape index (κ2) is 5.44. The van der Waals surface area contributed by atoms with Crippen molar-refractivity contribution in [2.24, 2.45) is 0 Å². The van der Waals surface area contributed by atoms with E-state index in [1.807, 2.05) is 0 Å². The molecule has 0 atom stereocenters. The Bertz CT molecular complexity index is 772. The SMILES string of the molecule is C=C(C)C(=O)OOS(=O)(=O)c1cccc2ccccc12. The summed E-state index contributed by atoms with van der Waals surface area (Å²) in [6, 6.07) is 11.7. The van der Waals surface area contributed by atoms with Gasteiger partial charge in [0.15, 0.2) is 0 Å². The maximum absolute atomic E-state index is 12.0. The van der Waals surface area contributed by atoms with E-state index in [0.717, 1.165) is 5.39 Å². The highest BCUT2D eigenvalue weighted by molar-refractivity contribution is 7.86. The van der Waals surface area contributed by atoms with Gasteiger partial charge in [0.25, 0.3) is 0 Å². The highest BCUT2D eigenvalue weighted by Crippen LogP contribution is 2.24. The van der Waals surface area contributed by atoms with Crippen LogP contribution in [0.2, 0.25) is 0 Å². The van der Waals surface area contributed by atoms with Crippen molar-refractivity contribution in [3.8, 4) is 0 Å². The van der Waals surface area contributed by atoms with E-state index in [1.54, 1.807) is 36.4 Å². The predicted octanol–water partition coefficient (Wildman–Crippen LogP) is 2.58. The summed E-state index contributed by atoms with van der Waals surface area (Å²) < 4.78 is 28.4. The second-order valence-electron chi connectivity index (χ2n) is 4.15. The van der Waals surface area contributed by atoms with Crippen molar-refractivity contribution < 1.29 is 22.4 Å². The van der Waals surface area contributed by atoms with Gasteiger partial charge in [-0.3, -0.25) is 4.89 Å². The topological polar surface area (TPSA) is 69.7 Å². The Morgan fingerprint density at radius 2 is 1.75 bits per heavy atom. The van der Waals surface area contributed by atoms with Crippen molar-refractivity contribution in [3.63, 3.8) is 0 Å². The largest absolute Gasteiger partial charge is 0.369 e. The first-order valence-electron chi connectivity index (χ1n) is 5.70. The lowest BCUT2D eigenvalue weighted by molar-refractivity contribution is -0.205. The van der Waals surface area contributed by atoms with Crippen molar-refractivity contribution in [1.82, 2.24) is 0 Å². The Morgan fingerprint density at radius 1 is 1.10 bits per heavy atom. The van der Waals surface area contributed by atoms with E-state index in [0.29, 0.717) is 5.39 Å². The molecule has 0 radical (unpaired) electrons. The third-order valence-electron chi connectivity index (χ3n) is 2.57. The Morgan fingerprint density at radius 3 is 2.45 bits per heavy atom. The molecule has 2 rings (SSSR count). The van der Waals surface area contributed by atoms with Gasteiger partial charge in [-0.15, -0.1) is 0 Å². The minimum Gasteiger partial charge on any atom is -0.276 e. The van der Waals surface area contributed by atoms with Gasteiger partial charge in [0.1, 0.15) is 4.90 Å². The quantitative estimate of drug-likeness (QED) is 0.492. The molecule has 2 aromatic rings. The third-order valence-corrected chi connectivity index (χ3v) is 3.71. The van der Waals surface area contributed by atoms with Crippen molar-refractivity contribution in [3.05, 3.63) is 54.6 Å². The molecule has 0 aliphatic carbocycles. The van der Waals surface area contributed by atoms with Crippen LogP contribution in [0.25, 0.3) is 10.8 Å². The minimum absolute atomic E-state index is 0.0399. The molecule has 0 aromatic heterocycles. The van der Waals surface area contributed by atoms with Crippen molar-refractivity contribution >= 4 is 26.9 Å². The van der Waals surface area contributed by atoms with Gasteiger partial charge in [-0.1, -0.05) is 43.0 Å². The summed E-state index contributed by atoms with van der Waals surface area (Å²) in [6.07, 6.45) is 0. The second-order valence-corrected chi connectivity index (χ2v) is 5.63. The van der Waals surface area contributed by atoms with Gasteiger partial charge in [-0.05, 0) is 22.7 Å². The van der Waals surface area contributed by atoms with Crippen LogP contribution >= 0.6 is 0 Å². The average molecular weight is 292 g/mol. The number of hydrogen-bond acceptors (Lipinski definition) is 5. The Hall–Kier alpha value is -2.18. The van der Waals surface area contributed by atoms with Crippen LogP contribution in [0, 0.1) is 0 Å². The normalized spacial score (nSPS) is 11.2. The Labute approximate surface area is 116 Å². The number of benzene rings is 2. The lowest BCUT2D eigenvalue weighted by Gasteiger charge is -2.07. The molecule has 0 saturated carbocycles. The first-order valence-corrected chi connectivity index (χ1v) is 7.11. The van der Waals surface area contributed by atoms with E-state index in [1.165, 1.54) is 13.0 Å². The zero-order valence-electron chi connectivity index (χ0n) is 10.7. The van der Waals surface area contributed by atoms with Crippen LogP contribution in [0.5, 0.6) is 0 Å². The molecule has 0 saturated heterocycles. The summed E-state index contributed by atoms with van der Waals surface area (Å²) in [7, 11) is -4.20. The zero-order chi connectivity index (χ0) is 14.8. The molecular formula is C14H12O5S. The lowest BCUT2D eigenvalue weighted by atomic mass is 10.1. The first-order chi connectivity index (χ1) is 9.42. The fourth-order valence-corrected chi connectivity index (χ4v) is 2.52. The van der Waals surface area contributed by atoms with Crippen LogP contribution in [-0.4, -0.2) is 14.4 Å². The zero-order valence-corrected chi connectivity index (χ0v) is 11.5. The molecule has 2 aromatic carbocycles. The highest BCUT2D eigenvalue weighted by atomic mass is 32.2. The minimum atomic E-state index is -4.20. The summed E-state index contributed by atoms with van der Waals surface area (Å²) in [5.41, 5.74) is 0.0399. The van der Waals surface area contributed by atoms with Crippen molar-refractivity contribution in [1.29, 1.82) is 0 Å². The van der Waals surface area contributed by atoms with Gasteiger partial charge in [0.2, 0.25) is 0 Å². The maximum Gasteiger partial charge on any atom is 0.369 e.